The van der Waals surface area contributed by atoms with Crippen molar-refractivity contribution in [3.05, 3.63) is 29.8 Å². The third kappa shape index (κ3) is 3.14. The SMILES string of the molecule is Cc1ccc(NC2(C(=O)O)CCC(C(C)C)CC2)cc1. The molecule has 0 spiro atoms. The molecular weight excluding hydrogens is 250 g/mol. The lowest BCUT2D eigenvalue weighted by Gasteiger charge is -2.39. The van der Waals surface area contributed by atoms with Crippen molar-refractivity contribution in [1.29, 1.82) is 0 Å². The second-order valence-electron chi connectivity index (χ2n) is 6.46. The number of aryl methyl sites for hydroxylation is 1. The van der Waals surface area contributed by atoms with E-state index in [9.17, 15) is 9.90 Å². The van der Waals surface area contributed by atoms with E-state index >= 15 is 0 Å². The fraction of sp³-hybridized carbons (Fsp3) is 0.588. The molecule has 0 unspecified atom stereocenters. The van der Waals surface area contributed by atoms with Gasteiger partial charge < -0.3 is 10.4 Å². The molecule has 1 fully saturated rings. The topological polar surface area (TPSA) is 49.3 Å². The smallest absolute Gasteiger partial charge is 0.329 e. The number of hydrogen-bond acceptors (Lipinski definition) is 2. The number of rotatable bonds is 4. The van der Waals surface area contributed by atoms with Crippen LogP contribution in [0.25, 0.3) is 0 Å². The molecule has 0 saturated heterocycles. The van der Waals surface area contributed by atoms with Gasteiger partial charge >= 0.3 is 5.97 Å². The first-order valence-corrected chi connectivity index (χ1v) is 7.51. The zero-order valence-corrected chi connectivity index (χ0v) is 12.6. The fourth-order valence-corrected chi connectivity index (χ4v) is 3.11. The summed E-state index contributed by atoms with van der Waals surface area (Å²) in [4.78, 5) is 11.8. The lowest BCUT2D eigenvalue weighted by Crippen LogP contribution is -2.49. The van der Waals surface area contributed by atoms with Gasteiger partial charge in [-0.3, -0.25) is 0 Å². The molecule has 3 heteroatoms. The van der Waals surface area contributed by atoms with E-state index in [0.717, 1.165) is 18.5 Å². The highest BCUT2D eigenvalue weighted by Gasteiger charge is 2.42. The van der Waals surface area contributed by atoms with Crippen molar-refractivity contribution in [2.24, 2.45) is 11.8 Å². The summed E-state index contributed by atoms with van der Waals surface area (Å²) < 4.78 is 0. The summed E-state index contributed by atoms with van der Waals surface area (Å²) in [6.07, 6.45) is 3.39. The highest BCUT2D eigenvalue weighted by atomic mass is 16.4. The molecule has 0 heterocycles. The number of carboxylic acids is 1. The lowest BCUT2D eigenvalue weighted by atomic mass is 9.72. The molecule has 0 aromatic heterocycles. The van der Waals surface area contributed by atoms with Crippen LogP contribution in [0.3, 0.4) is 0 Å². The molecule has 1 aliphatic carbocycles. The third-order valence-corrected chi connectivity index (χ3v) is 4.67. The molecule has 1 aliphatic rings. The van der Waals surface area contributed by atoms with Crippen LogP contribution < -0.4 is 5.32 Å². The molecule has 2 rings (SSSR count). The minimum atomic E-state index is -0.791. The summed E-state index contributed by atoms with van der Waals surface area (Å²) in [7, 11) is 0. The Morgan fingerprint density at radius 3 is 2.25 bits per heavy atom. The van der Waals surface area contributed by atoms with Crippen molar-refractivity contribution in [2.45, 2.75) is 52.0 Å². The van der Waals surface area contributed by atoms with E-state index in [1.807, 2.05) is 31.2 Å². The van der Waals surface area contributed by atoms with Crippen LogP contribution in [0.15, 0.2) is 24.3 Å². The first-order chi connectivity index (χ1) is 9.43. The average Bonchev–Trinajstić information content (AvgIpc) is 2.42. The van der Waals surface area contributed by atoms with Crippen LogP contribution in [-0.4, -0.2) is 16.6 Å². The highest BCUT2D eigenvalue weighted by molar-refractivity contribution is 5.83. The Labute approximate surface area is 121 Å². The number of benzene rings is 1. The van der Waals surface area contributed by atoms with Gasteiger partial charge in [-0.2, -0.15) is 0 Å². The number of aliphatic carboxylic acids is 1. The van der Waals surface area contributed by atoms with Gasteiger partial charge in [0.25, 0.3) is 0 Å². The van der Waals surface area contributed by atoms with Crippen LogP contribution in [0.1, 0.15) is 45.1 Å². The van der Waals surface area contributed by atoms with Crippen molar-refractivity contribution in [2.75, 3.05) is 5.32 Å². The van der Waals surface area contributed by atoms with Crippen molar-refractivity contribution < 1.29 is 9.90 Å². The van der Waals surface area contributed by atoms with Gasteiger partial charge in [-0.15, -0.1) is 0 Å². The minimum Gasteiger partial charge on any atom is -0.480 e. The normalized spacial score (nSPS) is 26.5. The molecule has 3 nitrogen and oxygen atoms in total. The van der Waals surface area contributed by atoms with Crippen molar-refractivity contribution >= 4 is 11.7 Å². The molecule has 110 valence electrons. The maximum atomic E-state index is 11.8. The van der Waals surface area contributed by atoms with Gasteiger partial charge in [-0.05, 0) is 56.6 Å². The first-order valence-electron chi connectivity index (χ1n) is 7.51. The molecule has 1 saturated carbocycles. The van der Waals surface area contributed by atoms with E-state index in [1.165, 1.54) is 5.56 Å². The number of hydrogen-bond donors (Lipinski definition) is 2. The van der Waals surface area contributed by atoms with Gasteiger partial charge in [0.2, 0.25) is 0 Å². The Balaban J connectivity index is 2.12. The summed E-state index contributed by atoms with van der Waals surface area (Å²) in [6, 6.07) is 7.96. The minimum absolute atomic E-state index is 0.640. The summed E-state index contributed by atoms with van der Waals surface area (Å²) in [6.45, 7) is 6.49. The van der Waals surface area contributed by atoms with Crippen molar-refractivity contribution in [1.82, 2.24) is 0 Å². The number of carbonyl (C=O) groups is 1. The molecule has 1 aromatic rings. The van der Waals surface area contributed by atoms with E-state index in [-0.39, 0.29) is 0 Å². The molecule has 20 heavy (non-hydrogen) atoms. The summed E-state index contributed by atoms with van der Waals surface area (Å²) in [5.41, 5.74) is 1.30. The standard InChI is InChI=1S/C17H25NO2/c1-12(2)14-8-10-17(11-9-14,16(19)20)18-15-6-4-13(3)5-7-15/h4-7,12,14,18H,8-11H2,1-3H3,(H,19,20). The Hall–Kier alpha value is -1.51. The number of carboxylic acid groups (broad SMARTS) is 1. The predicted octanol–water partition coefficient (Wildman–Crippen LogP) is 4.08. The molecule has 2 N–H and O–H groups in total. The van der Waals surface area contributed by atoms with Crippen LogP contribution in [-0.2, 0) is 4.79 Å². The quantitative estimate of drug-likeness (QED) is 0.870. The fourth-order valence-electron chi connectivity index (χ4n) is 3.11. The summed E-state index contributed by atoms with van der Waals surface area (Å²) in [5.74, 6) is 0.573. The van der Waals surface area contributed by atoms with Gasteiger partial charge in [0, 0.05) is 5.69 Å². The predicted molar refractivity (Wildman–Crippen MR) is 82.0 cm³/mol. The van der Waals surface area contributed by atoms with E-state index in [0.29, 0.717) is 24.7 Å². The van der Waals surface area contributed by atoms with Gasteiger partial charge in [-0.25, -0.2) is 4.79 Å². The van der Waals surface area contributed by atoms with Gasteiger partial charge in [0.05, 0.1) is 0 Å². The van der Waals surface area contributed by atoms with Crippen molar-refractivity contribution in [3.8, 4) is 0 Å². The van der Waals surface area contributed by atoms with E-state index in [2.05, 4.69) is 19.2 Å². The monoisotopic (exact) mass is 275 g/mol. The molecule has 0 bridgehead atoms. The number of nitrogens with one attached hydrogen (secondary N) is 1. The second kappa shape index (κ2) is 5.86. The van der Waals surface area contributed by atoms with Crippen LogP contribution in [0, 0.1) is 18.8 Å². The van der Waals surface area contributed by atoms with Crippen LogP contribution >= 0.6 is 0 Å². The maximum Gasteiger partial charge on any atom is 0.329 e. The second-order valence-corrected chi connectivity index (χ2v) is 6.46. The van der Waals surface area contributed by atoms with Crippen LogP contribution in [0.4, 0.5) is 5.69 Å². The highest BCUT2D eigenvalue weighted by Crippen LogP contribution is 2.38. The maximum absolute atomic E-state index is 11.8. The third-order valence-electron chi connectivity index (χ3n) is 4.67. The Kier molecular flexibility index (Phi) is 4.36. The zero-order chi connectivity index (χ0) is 14.8. The van der Waals surface area contributed by atoms with E-state index in [4.69, 9.17) is 0 Å². The molecular formula is C17H25NO2. The lowest BCUT2D eigenvalue weighted by molar-refractivity contribution is -0.144. The first kappa shape index (κ1) is 14.9. The summed E-state index contributed by atoms with van der Waals surface area (Å²) >= 11 is 0. The van der Waals surface area contributed by atoms with E-state index < -0.39 is 11.5 Å². The molecule has 0 amide bonds. The number of anilines is 1. The zero-order valence-electron chi connectivity index (χ0n) is 12.6. The van der Waals surface area contributed by atoms with Gasteiger partial charge in [-0.1, -0.05) is 31.5 Å². The van der Waals surface area contributed by atoms with Crippen LogP contribution in [0.5, 0.6) is 0 Å². The summed E-state index contributed by atoms with van der Waals surface area (Å²) in [5, 5.41) is 12.9. The molecule has 0 atom stereocenters. The van der Waals surface area contributed by atoms with Gasteiger partial charge in [0.15, 0.2) is 0 Å². The molecule has 0 radical (unpaired) electrons. The average molecular weight is 275 g/mol. The van der Waals surface area contributed by atoms with Crippen molar-refractivity contribution in [3.63, 3.8) is 0 Å². The Morgan fingerprint density at radius 1 is 1.25 bits per heavy atom. The molecule has 0 aliphatic heterocycles. The largest absolute Gasteiger partial charge is 0.480 e. The van der Waals surface area contributed by atoms with Crippen LogP contribution in [0.2, 0.25) is 0 Å². The Bertz CT molecular complexity index is 456. The van der Waals surface area contributed by atoms with Gasteiger partial charge in [0.1, 0.15) is 5.54 Å². The van der Waals surface area contributed by atoms with E-state index in [1.54, 1.807) is 0 Å². The molecule has 1 aromatic carbocycles. The Morgan fingerprint density at radius 2 is 1.80 bits per heavy atom.